The second kappa shape index (κ2) is 5.92. The number of hydrogen-bond donors (Lipinski definition) is 1. The van der Waals surface area contributed by atoms with Crippen LogP contribution in [-0.2, 0) is 6.54 Å². The Hall–Kier alpha value is -2.95. The van der Waals surface area contributed by atoms with Gasteiger partial charge < -0.3 is 0 Å². The summed E-state index contributed by atoms with van der Waals surface area (Å²) in [5.41, 5.74) is 6.77. The van der Waals surface area contributed by atoms with Crippen LogP contribution in [0.25, 0.3) is 10.9 Å². The highest BCUT2D eigenvalue weighted by Gasteiger charge is 2.20. The standard InChI is InChI=1S/C19H18N4O/c1-13-8-10-14(11-9-13)21-22-17-7-4-12-23-18(17)20-16-6-3-2-5-15(16)19(23)24/h2-3,5-6,8-11,21H,4,7,12H2,1H3/b22-17+. The molecule has 0 radical (unpaired) electrons. The third-order valence-electron chi connectivity index (χ3n) is 4.29. The van der Waals surface area contributed by atoms with Crippen molar-refractivity contribution in [1.29, 1.82) is 0 Å². The van der Waals surface area contributed by atoms with Crippen molar-refractivity contribution in [2.45, 2.75) is 26.3 Å². The summed E-state index contributed by atoms with van der Waals surface area (Å²) < 4.78 is 1.74. The first-order valence-corrected chi connectivity index (χ1v) is 8.11. The van der Waals surface area contributed by atoms with E-state index in [-0.39, 0.29) is 5.56 Å². The first kappa shape index (κ1) is 14.6. The number of hydrazone groups is 1. The largest absolute Gasteiger partial charge is 0.291 e. The van der Waals surface area contributed by atoms with Crippen molar-refractivity contribution in [1.82, 2.24) is 9.55 Å². The van der Waals surface area contributed by atoms with E-state index in [0.29, 0.717) is 17.8 Å². The van der Waals surface area contributed by atoms with Gasteiger partial charge in [-0.3, -0.25) is 14.8 Å². The Bertz CT molecular complexity index is 986. The molecule has 4 rings (SSSR count). The molecule has 5 nitrogen and oxygen atoms in total. The average Bonchev–Trinajstić information content (AvgIpc) is 2.62. The predicted molar refractivity (Wildman–Crippen MR) is 96.6 cm³/mol. The van der Waals surface area contributed by atoms with Gasteiger partial charge in [-0.1, -0.05) is 29.8 Å². The van der Waals surface area contributed by atoms with Crippen LogP contribution in [-0.4, -0.2) is 15.3 Å². The average molecular weight is 318 g/mol. The van der Waals surface area contributed by atoms with Gasteiger partial charge in [0.1, 0.15) is 5.71 Å². The van der Waals surface area contributed by atoms with Crippen molar-refractivity contribution < 1.29 is 0 Å². The van der Waals surface area contributed by atoms with E-state index in [1.54, 1.807) is 4.57 Å². The molecule has 1 aliphatic rings. The van der Waals surface area contributed by atoms with Crippen molar-refractivity contribution in [2.75, 3.05) is 5.43 Å². The number of anilines is 1. The molecule has 2 heterocycles. The van der Waals surface area contributed by atoms with Crippen LogP contribution >= 0.6 is 0 Å². The third-order valence-corrected chi connectivity index (χ3v) is 4.29. The number of aromatic nitrogens is 2. The summed E-state index contributed by atoms with van der Waals surface area (Å²) in [6.07, 6.45) is 1.70. The van der Waals surface area contributed by atoms with Gasteiger partial charge in [0.05, 0.1) is 16.6 Å². The fourth-order valence-electron chi connectivity index (χ4n) is 2.98. The van der Waals surface area contributed by atoms with Crippen molar-refractivity contribution in [2.24, 2.45) is 5.10 Å². The number of hydrogen-bond acceptors (Lipinski definition) is 4. The molecule has 0 fully saturated rings. The van der Waals surface area contributed by atoms with E-state index < -0.39 is 0 Å². The normalized spacial score (nSPS) is 15.5. The molecule has 1 aliphatic heterocycles. The molecule has 0 amide bonds. The lowest BCUT2D eigenvalue weighted by Gasteiger charge is -2.19. The Balaban J connectivity index is 1.76. The zero-order valence-corrected chi connectivity index (χ0v) is 13.5. The van der Waals surface area contributed by atoms with Gasteiger partial charge in [0.15, 0.2) is 5.82 Å². The minimum absolute atomic E-state index is 0.0123. The molecule has 24 heavy (non-hydrogen) atoms. The highest BCUT2D eigenvalue weighted by atomic mass is 16.1. The molecule has 3 aromatic rings. The van der Waals surface area contributed by atoms with Crippen LogP contribution in [0.5, 0.6) is 0 Å². The maximum Gasteiger partial charge on any atom is 0.261 e. The molecular weight excluding hydrogens is 300 g/mol. The van der Waals surface area contributed by atoms with Crippen LogP contribution in [0.2, 0.25) is 0 Å². The van der Waals surface area contributed by atoms with E-state index in [4.69, 9.17) is 0 Å². The second-order valence-electron chi connectivity index (χ2n) is 6.05. The predicted octanol–water partition coefficient (Wildman–Crippen LogP) is 3.31. The van der Waals surface area contributed by atoms with Gasteiger partial charge in [0.25, 0.3) is 5.56 Å². The zero-order chi connectivity index (χ0) is 16.5. The number of aryl methyl sites for hydroxylation is 1. The smallest absolute Gasteiger partial charge is 0.261 e. The van der Waals surface area contributed by atoms with Gasteiger partial charge in [-0.25, -0.2) is 4.98 Å². The van der Waals surface area contributed by atoms with Crippen LogP contribution < -0.4 is 11.0 Å². The molecular formula is C19H18N4O. The molecule has 0 spiro atoms. The van der Waals surface area contributed by atoms with Gasteiger partial charge in [0, 0.05) is 6.54 Å². The first-order chi connectivity index (χ1) is 11.7. The summed E-state index contributed by atoms with van der Waals surface area (Å²) in [4.78, 5) is 17.4. The van der Waals surface area contributed by atoms with E-state index in [1.807, 2.05) is 48.5 Å². The summed E-state index contributed by atoms with van der Waals surface area (Å²) in [7, 11) is 0. The number of fused-ring (bicyclic) bond motifs is 2. The van der Waals surface area contributed by atoms with E-state index in [9.17, 15) is 4.79 Å². The Morgan fingerprint density at radius 1 is 1.12 bits per heavy atom. The summed E-state index contributed by atoms with van der Waals surface area (Å²) >= 11 is 0. The van der Waals surface area contributed by atoms with E-state index >= 15 is 0 Å². The molecule has 0 atom stereocenters. The van der Waals surface area contributed by atoms with E-state index in [1.165, 1.54) is 5.56 Å². The Kier molecular flexibility index (Phi) is 3.61. The van der Waals surface area contributed by atoms with Crippen LogP contribution in [0.1, 0.15) is 24.2 Å². The Morgan fingerprint density at radius 2 is 1.92 bits per heavy atom. The van der Waals surface area contributed by atoms with Crippen molar-refractivity contribution in [3.05, 3.63) is 70.3 Å². The lowest BCUT2D eigenvalue weighted by atomic mass is 10.1. The quantitative estimate of drug-likeness (QED) is 0.737. The summed E-state index contributed by atoms with van der Waals surface area (Å²) in [5.74, 6) is 0.671. The van der Waals surface area contributed by atoms with Crippen molar-refractivity contribution in [3.63, 3.8) is 0 Å². The molecule has 0 saturated heterocycles. The highest BCUT2D eigenvalue weighted by molar-refractivity contribution is 5.99. The molecule has 120 valence electrons. The van der Waals surface area contributed by atoms with Crippen LogP contribution in [0.3, 0.4) is 0 Å². The number of para-hydroxylation sites is 1. The molecule has 1 N–H and O–H groups in total. The fourth-order valence-corrected chi connectivity index (χ4v) is 2.98. The monoisotopic (exact) mass is 318 g/mol. The van der Waals surface area contributed by atoms with Gasteiger partial charge in [-0.15, -0.1) is 0 Å². The minimum Gasteiger partial charge on any atom is -0.291 e. The van der Waals surface area contributed by atoms with Gasteiger partial charge in [-0.05, 0) is 44.0 Å². The van der Waals surface area contributed by atoms with Crippen molar-refractivity contribution in [3.8, 4) is 0 Å². The fraction of sp³-hybridized carbons (Fsp3) is 0.211. The summed E-state index contributed by atoms with van der Waals surface area (Å²) in [5, 5.41) is 5.18. The number of benzene rings is 2. The Labute approximate surface area is 139 Å². The number of nitrogens with zero attached hydrogens (tertiary/aromatic N) is 3. The molecule has 0 bridgehead atoms. The molecule has 0 unspecified atom stereocenters. The summed E-state index contributed by atoms with van der Waals surface area (Å²) in [6.45, 7) is 2.74. The minimum atomic E-state index is 0.0123. The van der Waals surface area contributed by atoms with Gasteiger partial charge in [0.2, 0.25) is 0 Å². The van der Waals surface area contributed by atoms with Crippen molar-refractivity contribution >= 4 is 22.3 Å². The first-order valence-electron chi connectivity index (χ1n) is 8.11. The Morgan fingerprint density at radius 3 is 2.75 bits per heavy atom. The third kappa shape index (κ3) is 2.58. The molecule has 1 aromatic heterocycles. The lowest BCUT2D eigenvalue weighted by Crippen LogP contribution is -2.32. The number of rotatable bonds is 2. The van der Waals surface area contributed by atoms with Crippen LogP contribution in [0, 0.1) is 6.92 Å². The second-order valence-corrected chi connectivity index (χ2v) is 6.05. The molecule has 0 saturated carbocycles. The lowest BCUT2D eigenvalue weighted by molar-refractivity contribution is 0.597. The number of nitrogens with one attached hydrogen (secondary N) is 1. The maximum absolute atomic E-state index is 12.7. The highest BCUT2D eigenvalue weighted by Crippen LogP contribution is 2.16. The molecule has 5 heteroatoms. The van der Waals surface area contributed by atoms with Gasteiger partial charge in [-0.2, -0.15) is 5.10 Å². The van der Waals surface area contributed by atoms with E-state index in [2.05, 4.69) is 22.4 Å². The molecule has 2 aromatic carbocycles. The van der Waals surface area contributed by atoms with Gasteiger partial charge >= 0.3 is 0 Å². The van der Waals surface area contributed by atoms with Crippen LogP contribution in [0.4, 0.5) is 5.69 Å². The van der Waals surface area contributed by atoms with Crippen LogP contribution in [0.15, 0.2) is 58.4 Å². The maximum atomic E-state index is 12.7. The van der Waals surface area contributed by atoms with E-state index in [0.717, 1.165) is 29.8 Å². The summed E-state index contributed by atoms with van der Waals surface area (Å²) in [6, 6.07) is 15.5. The molecule has 0 aliphatic carbocycles. The zero-order valence-electron chi connectivity index (χ0n) is 13.5. The topological polar surface area (TPSA) is 59.3 Å². The SMILES string of the molecule is Cc1ccc(N/N=C2\CCCn3c2nc2ccccc2c3=O)cc1.